The molecule has 28 heavy (non-hydrogen) atoms. The Morgan fingerprint density at radius 1 is 0.786 bits per heavy atom. The number of nitrogens with one attached hydrogen (secondary N) is 1. The van der Waals surface area contributed by atoms with Crippen LogP contribution in [0.5, 0.6) is 0 Å². The average Bonchev–Trinajstić information content (AvgIpc) is 2.76. The zero-order valence-electron chi connectivity index (χ0n) is 16.3. The van der Waals surface area contributed by atoms with Crippen molar-refractivity contribution in [2.24, 2.45) is 5.73 Å². The fraction of sp³-hybridized carbons (Fsp3) is 0.824. The van der Waals surface area contributed by atoms with Gasteiger partial charge >= 0.3 is 0 Å². The Bertz CT molecular complexity index is 532. The molecule has 1 aromatic rings. The lowest BCUT2D eigenvalue weighted by Crippen LogP contribution is -2.40. The van der Waals surface area contributed by atoms with Gasteiger partial charge in [-0.15, -0.1) is 0 Å². The van der Waals surface area contributed by atoms with Crippen LogP contribution in [0.3, 0.4) is 0 Å². The molecular weight excluding hydrogens is 366 g/mol. The largest absolute Gasteiger partial charge is 0.378 e. The summed E-state index contributed by atoms with van der Waals surface area (Å²) in [7, 11) is 0. The monoisotopic (exact) mass is 397 g/mol. The van der Waals surface area contributed by atoms with Crippen molar-refractivity contribution in [1.29, 1.82) is 0 Å². The van der Waals surface area contributed by atoms with E-state index in [0.717, 1.165) is 26.2 Å². The first-order valence-electron chi connectivity index (χ1n) is 9.87. The molecule has 11 nitrogen and oxygen atoms in total. The molecule has 3 rings (SSSR count). The van der Waals surface area contributed by atoms with Crippen LogP contribution in [0.4, 0.5) is 17.8 Å². The Morgan fingerprint density at radius 2 is 1.32 bits per heavy atom. The first kappa shape index (κ1) is 20.9. The molecule has 2 aliphatic rings. The van der Waals surface area contributed by atoms with Crippen molar-refractivity contribution < 1.29 is 18.9 Å². The van der Waals surface area contributed by atoms with Crippen LogP contribution in [0, 0.1) is 0 Å². The van der Waals surface area contributed by atoms with Crippen molar-refractivity contribution in [3.63, 3.8) is 0 Å². The van der Waals surface area contributed by atoms with Crippen molar-refractivity contribution >= 4 is 17.8 Å². The Balaban J connectivity index is 1.55. The van der Waals surface area contributed by atoms with Crippen LogP contribution in [-0.4, -0.2) is 107 Å². The minimum Gasteiger partial charge on any atom is -0.378 e. The number of aromatic nitrogens is 3. The maximum Gasteiger partial charge on any atom is 0.232 e. The van der Waals surface area contributed by atoms with Crippen LogP contribution >= 0.6 is 0 Å². The molecule has 158 valence electrons. The van der Waals surface area contributed by atoms with Crippen molar-refractivity contribution in [1.82, 2.24) is 15.0 Å². The lowest BCUT2D eigenvalue weighted by molar-refractivity contribution is 0.0547. The molecule has 0 amide bonds. The summed E-state index contributed by atoms with van der Waals surface area (Å²) in [4.78, 5) is 18.1. The predicted octanol–water partition coefficient (Wildman–Crippen LogP) is -1.05. The van der Waals surface area contributed by atoms with Crippen molar-refractivity contribution in [3.8, 4) is 0 Å². The van der Waals surface area contributed by atoms with Gasteiger partial charge in [-0.1, -0.05) is 0 Å². The van der Waals surface area contributed by atoms with E-state index < -0.39 is 0 Å². The minimum atomic E-state index is 0.526. The summed E-state index contributed by atoms with van der Waals surface area (Å²) in [5.74, 6) is 1.91. The summed E-state index contributed by atoms with van der Waals surface area (Å²) >= 11 is 0. The third-order valence-corrected chi connectivity index (χ3v) is 4.36. The average molecular weight is 397 g/mol. The molecule has 11 heteroatoms. The van der Waals surface area contributed by atoms with Crippen LogP contribution < -0.4 is 20.9 Å². The molecule has 0 unspecified atom stereocenters. The molecule has 0 spiro atoms. The van der Waals surface area contributed by atoms with E-state index >= 15 is 0 Å². The second kappa shape index (κ2) is 11.9. The predicted molar refractivity (Wildman–Crippen MR) is 105 cm³/mol. The van der Waals surface area contributed by atoms with Crippen LogP contribution in [-0.2, 0) is 18.9 Å². The van der Waals surface area contributed by atoms with Crippen molar-refractivity contribution in [2.75, 3.05) is 107 Å². The van der Waals surface area contributed by atoms with E-state index in [4.69, 9.17) is 24.7 Å². The molecule has 2 saturated heterocycles. The van der Waals surface area contributed by atoms with Gasteiger partial charge in [0.15, 0.2) is 0 Å². The molecule has 2 aliphatic heterocycles. The van der Waals surface area contributed by atoms with Gasteiger partial charge in [0.2, 0.25) is 17.8 Å². The smallest absolute Gasteiger partial charge is 0.232 e. The highest BCUT2D eigenvalue weighted by Gasteiger charge is 2.20. The topological polar surface area (TPSA) is 120 Å². The molecule has 0 radical (unpaired) electrons. The standard InChI is InChI=1S/C17H31N7O4/c18-1-7-25-13-14-26-8-2-19-15-20-16(23-3-9-27-10-4-23)22-17(21-15)24-5-11-28-12-6-24/h1-14,18H2,(H,19,20,21,22). The lowest BCUT2D eigenvalue weighted by atomic mass is 10.4. The normalized spacial score (nSPS) is 17.8. The molecule has 0 aromatic carbocycles. The van der Waals surface area contributed by atoms with Crippen LogP contribution in [0.25, 0.3) is 0 Å². The van der Waals surface area contributed by atoms with E-state index in [9.17, 15) is 0 Å². The van der Waals surface area contributed by atoms with Gasteiger partial charge < -0.3 is 39.8 Å². The number of hydrogen-bond donors (Lipinski definition) is 2. The van der Waals surface area contributed by atoms with Gasteiger partial charge in [0.25, 0.3) is 0 Å². The molecule has 1 aromatic heterocycles. The molecular formula is C17H31N7O4. The Morgan fingerprint density at radius 3 is 1.86 bits per heavy atom. The molecule has 0 bridgehead atoms. The fourth-order valence-corrected chi connectivity index (χ4v) is 2.88. The summed E-state index contributed by atoms with van der Waals surface area (Å²) in [5.41, 5.74) is 5.37. The summed E-state index contributed by atoms with van der Waals surface area (Å²) in [6, 6.07) is 0. The van der Waals surface area contributed by atoms with Crippen LogP contribution in [0.1, 0.15) is 0 Å². The number of ether oxygens (including phenoxy) is 4. The maximum atomic E-state index is 5.54. The molecule has 2 fully saturated rings. The molecule has 0 atom stereocenters. The van der Waals surface area contributed by atoms with Crippen molar-refractivity contribution in [2.45, 2.75) is 0 Å². The number of morpholine rings is 2. The first-order valence-corrected chi connectivity index (χ1v) is 9.87. The number of anilines is 3. The zero-order chi connectivity index (χ0) is 19.4. The van der Waals surface area contributed by atoms with E-state index in [1.807, 2.05) is 0 Å². The Kier molecular flexibility index (Phi) is 8.91. The number of nitrogens with two attached hydrogens (primary N) is 1. The zero-order valence-corrected chi connectivity index (χ0v) is 16.3. The van der Waals surface area contributed by atoms with Gasteiger partial charge in [-0.3, -0.25) is 0 Å². The number of nitrogens with zero attached hydrogens (tertiary/aromatic N) is 5. The SMILES string of the molecule is NCCOCCOCCNc1nc(N2CCOCC2)nc(N2CCOCC2)n1. The van der Waals surface area contributed by atoms with Gasteiger partial charge in [0.05, 0.1) is 52.9 Å². The van der Waals surface area contributed by atoms with Gasteiger partial charge in [0.1, 0.15) is 0 Å². The third kappa shape index (κ3) is 6.67. The number of rotatable bonds is 11. The highest BCUT2D eigenvalue weighted by Crippen LogP contribution is 2.18. The van der Waals surface area contributed by atoms with Crippen LogP contribution in [0.2, 0.25) is 0 Å². The third-order valence-electron chi connectivity index (χ3n) is 4.36. The Labute approximate surface area is 165 Å². The first-order chi connectivity index (χ1) is 13.9. The summed E-state index contributed by atoms with van der Waals surface area (Å²) < 4.78 is 21.7. The molecule has 3 N–H and O–H groups in total. The highest BCUT2D eigenvalue weighted by atomic mass is 16.5. The number of hydrogen-bond acceptors (Lipinski definition) is 11. The highest BCUT2D eigenvalue weighted by molar-refractivity contribution is 5.45. The van der Waals surface area contributed by atoms with E-state index in [1.165, 1.54) is 0 Å². The van der Waals surface area contributed by atoms with Gasteiger partial charge in [-0.25, -0.2) is 0 Å². The Hall–Kier alpha value is -1.79. The minimum absolute atomic E-state index is 0.526. The summed E-state index contributed by atoms with van der Waals surface area (Å²) in [6.07, 6.45) is 0. The maximum absolute atomic E-state index is 5.54. The van der Waals surface area contributed by atoms with Gasteiger partial charge in [-0.05, 0) is 0 Å². The second-order valence-corrected chi connectivity index (χ2v) is 6.40. The second-order valence-electron chi connectivity index (χ2n) is 6.40. The van der Waals surface area contributed by atoms with Crippen LogP contribution in [0.15, 0.2) is 0 Å². The quantitative estimate of drug-likeness (QED) is 0.445. The molecule has 0 saturated carbocycles. The van der Waals surface area contributed by atoms with E-state index in [2.05, 4.69) is 30.1 Å². The fourth-order valence-electron chi connectivity index (χ4n) is 2.88. The lowest BCUT2D eigenvalue weighted by Gasteiger charge is -2.30. The van der Waals surface area contributed by atoms with Gasteiger partial charge in [-0.2, -0.15) is 15.0 Å². The molecule has 3 heterocycles. The van der Waals surface area contributed by atoms with E-state index in [-0.39, 0.29) is 0 Å². The van der Waals surface area contributed by atoms with Crippen molar-refractivity contribution in [3.05, 3.63) is 0 Å². The summed E-state index contributed by atoms with van der Waals surface area (Å²) in [5, 5.41) is 3.24. The van der Waals surface area contributed by atoms with Gasteiger partial charge in [0, 0.05) is 39.3 Å². The van der Waals surface area contributed by atoms with E-state index in [0.29, 0.717) is 83.8 Å². The van der Waals surface area contributed by atoms with E-state index in [1.54, 1.807) is 0 Å². The molecule has 0 aliphatic carbocycles. The summed E-state index contributed by atoms with van der Waals surface area (Å²) in [6.45, 7) is 9.14.